The predicted molar refractivity (Wildman–Crippen MR) is 80.4 cm³/mol. The zero-order valence-electron chi connectivity index (χ0n) is 13.6. The van der Waals surface area contributed by atoms with Gasteiger partial charge >= 0.3 is 7.12 Å². The molecule has 3 nitrogen and oxygen atoms in total. The topological polar surface area (TPSA) is 44.5 Å². The molecule has 1 aromatic rings. The second kappa shape index (κ2) is 4.66. The van der Waals surface area contributed by atoms with Gasteiger partial charge in [-0.1, -0.05) is 13.8 Å². The molecule has 24 heavy (non-hydrogen) atoms. The van der Waals surface area contributed by atoms with E-state index in [9.17, 15) is 17.6 Å². The maximum Gasteiger partial charge on any atom is 0.500 e. The van der Waals surface area contributed by atoms with Crippen LogP contribution in [0.1, 0.15) is 33.6 Å². The highest BCUT2D eigenvalue weighted by molar-refractivity contribution is 6.63. The van der Waals surface area contributed by atoms with E-state index in [0.717, 1.165) is 12.8 Å². The maximum atomic E-state index is 14.2. The normalized spacial score (nSPS) is 36.5. The summed E-state index contributed by atoms with van der Waals surface area (Å²) < 4.78 is 66.5. The molecule has 2 bridgehead atoms. The van der Waals surface area contributed by atoms with Gasteiger partial charge in [0.2, 0.25) is 0 Å². The summed E-state index contributed by atoms with van der Waals surface area (Å²) in [5, 5.41) is 0. The molecule has 0 spiro atoms. The number of rotatable bonds is 1. The monoisotopic (exact) mass is 343 g/mol. The number of benzene rings is 1. The van der Waals surface area contributed by atoms with Crippen LogP contribution in [0.3, 0.4) is 0 Å². The molecule has 1 unspecified atom stereocenters. The van der Waals surface area contributed by atoms with Crippen molar-refractivity contribution in [2.45, 2.75) is 45.3 Å². The summed E-state index contributed by atoms with van der Waals surface area (Å²) in [6.07, 6.45) is 1.39. The van der Waals surface area contributed by atoms with E-state index in [1.807, 2.05) is 6.92 Å². The van der Waals surface area contributed by atoms with Crippen LogP contribution in [0.4, 0.5) is 23.2 Å². The lowest BCUT2D eigenvalue weighted by molar-refractivity contribution is -0.199. The Balaban J connectivity index is 1.75. The number of hydrogen-bond donors (Lipinski definition) is 1. The molecule has 1 aromatic carbocycles. The number of hydrogen-bond acceptors (Lipinski definition) is 3. The molecule has 130 valence electrons. The molecule has 8 heteroatoms. The van der Waals surface area contributed by atoms with E-state index in [1.165, 1.54) is 0 Å². The fourth-order valence-electron chi connectivity index (χ4n) is 4.88. The van der Waals surface area contributed by atoms with Crippen molar-refractivity contribution in [1.82, 2.24) is 0 Å². The van der Waals surface area contributed by atoms with Gasteiger partial charge in [0.1, 0.15) is 0 Å². The average Bonchev–Trinajstić information content (AvgIpc) is 2.87. The third kappa shape index (κ3) is 1.76. The van der Waals surface area contributed by atoms with Crippen molar-refractivity contribution in [3.8, 4) is 0 Å². The van der Waals surface area contributed by atoms with Gasteiger partial charge in [-0.2, -0.15) is 0 Å². The summed E-state index contributed by atoms with van der Waals surface area (Å²) in [6, 6.07) is 0. The quantitative estimate of drug-likeness (QED) is 0.280. The minimum absolute atomic E-state index is 0.0624. The van der Waals surface area contributed by atoms with Gasteiger partial charge in [0.05, 0.1) is 17.4 Å². The van der Waals surface area contributed by atoms with Gasteiger partial charge < -0.3 is 15.0 Å². The Morgan fingerprint density at radius 3 is 2.25 bits per heavy atom. The van der Waals surface area contributed by atoms with Crippen molar-refractivity contribution < 1.29 is 26.9 Å². The summed E-state index contributed by atoms with van der Waals surface area (Å²) >= 11 is 0. The fraction of sp³-hybridized carbons (Fsp3) is 0.625. The molecule has 0 aromatic heterocycles. The number of nitrogens with two attached hydrogens (primary N) is 1. The summed E-state index contributed by atoms with van der Waals surface area (Å²) in [7, 11) is -1.35. The molecule has 5 rings (SSSR count). The van der Waals surface area contributed by atoms with Crippen molar-refractivity contribution >= 4 is 18.3 Å². The molecule has 0 amide bonds. The highest BCUT2D eigenvalue weighted by Crippen LogP contribution is 2.65. The van der Waals surface area contributed by atoms with Crippen LogP contribution in [0.15, 0.2) is 0 Å². The van der Waals surface area contributed by atoms with Gasteiger partial charge in [-0.25, -0.2) is 17.6 Å². The van der Waals surface area contributed by atoms with Crippen LogP contribution in [-0.4, -0.2) is 18.8 Å². The molecule has 1 heterocycles. The van der Waals surface area contributed by atoms with E-state index < -0.39 is 47.1 Å². The zero-order chi connectivity index (χ0) is 17.6. The summed E-state index contributed by atoms with van der Waals surface area (Å²) in [5.41, 5.74) is 3.44. The molecule has 4 fully saturated rings. The largest absolute Gasteiger partial charge is 0.500 e. The molecule has 1 aliphatic heterocycles. The molecule has 4 aliphatic rings. The first-order valence-corrected chi connectivity index (χ1v) is 8.03. The van der Waals surface area contributed by atoms with Gasteiger partial charge in [-0.3, -0.25) is 0 Å². The highest BCUT2D eigenvalue weighted by atomic mass is 19.2. The summed E-state index contributed by atoms with van der Waals surface area (Å²) in [5.74, 6) is -6.37. The highest BCUT2D eigenvalue weighted by Gasteiger charge is 2.68. The second-order valence-electron chi connectivity index (χ2n) is 7.88. The minimum atomic E-state index is -1.93. The van der Waals surface area contributed by atoms with Crippen molar-refractivity contribution in [2.75, 3.05) is 5.73 Å². The van der Waals surface area contributed by atoms with Crippen LogP contribution in [0.5, 0.6) is 0 Å². The Morgan fingerprint density at radius 1 is 1.00 bits per heavy atom. The summed E-state index contributed by atoms with van der Waals surface area (Å²) in [6.45, 7) is 6.18. The first kappa shape index (κ1) is 16.2. The fourth-order valence-corrected chi connectivity index (χ4v) is 4.88. The van der Waals surface area contributed by atoms with E-state index in [1.54, 1.807) is 0 Å². The van der Waals surface area contributed by atoms with Crippen molar-refractivity contribution in [1.29, 1.82) is 0 Å². The lowest BCUT2D eigenvalue weighted by Gasteiger charge is -2.64. The predicted octanol–water partition coefficient (Wildman–Crippen LogP) is 2.76. The Hall–Kier alpha value is -1.28. The van der Waals surface area contributed by atoms with E-state index in [-0.39, 0.29) is 17.4 Å². The smallest absolute Gasteiger partial charge is 0.401 e. The Labute approximate surface area is 137 Å². The first-order chi connectivity index (χ1) is 11.1. The van der Waals surface area contributed by atoms with Crippen LogP contribution in [0.2, 0.25) is 0 Å². The van der Waals surface area contributed by atoms with Crippen molar-refractivity contribution in [2.24, 2.45) is 17.3 Å². The lowest BCUT2D eigenvalue weighted by atomic mass is 9.43. The van der Waals surface area contributed by atoms with Crippen LogP contribution < -0.4 is 11.2 Å². The molecule has 4 atom stereocenters. The van der Waals surface area contributed by atoms with E-state index >= 15 is 0 Å². The molecule has 3 aliphatic carbocycles. The molecule has 1 saturated heterocycles. The van der Waals surface area contributed by atoms with Crippen molar-refractivity contribution in [3.63, 3.8) is 0 Å². The molecular formula is C16H18BF4NO2. The van der Waals surface area contributed by atoms with Crippen molar-refractivity contribution in [3.05, 3.63) is 23.3 Å². The Morgan fingerprint density at radius 2 is 1.62 bits per heavy atom. The van der Waals surface area contributed by atoms with E-state index in [2.05, 4.69) is 13.8 Å². The van der Waals surface area contributed by atoms with E-state index in [4.69, 9.17) is 15.0 Å². The summed E-state index contributed by atoms with van der Waals surface area (Å²) in [4.78, 5) is 0. The third-order valence-electron chi connectivity index (χ3n) is 6.53. The van der Waals surface area contributed by atoms with Crippen LogP contribution in [-0.2, 0) is 9.31 Å². The molecule has 2 N–H and O–H groups in total. The van der Waals surface area contributed by atoms with Gasteiger partial charge in [0.25, 0.3) is 0 Å². The molecular weight excluding hydrogens is 325 g/mol. The van der Waals surface area contributed by atoms with Crippen LogP contribution in [0.25, 0.3) is 0 Å². The number of halogens is 4. The number of anilines is 1. The lowest BCUT2D eigenvalue weighted by Crippen LogP contribution is -2.65. The third-order valence-corrected chi connectivity index (χ3v) is 6.53. The maximum absolute atomic E-state index is 14.2. The number of nitrogen functional groups attached to an aromatic ring is 1. The van der Waals surface area contributed by atoms with Gasteiger partial charge in [0, 0.05) is 5.46 Å². The second-order valence-corrected chi connectivity index (χ2v) is 7.88. The van der Waals surface area contributed by atoms with E-state index in [0.29, 0.717) is 5.92 Å². The zero-order valence-corrected chi connectivity index (χ0v) is 13.6. The Bertz CT molecular complexity index is 714. The average molecular weight is 343 g/mol. The molecule has 0 radical (unpaired) electrons. The standard InChI is InChI=1S/C16H18BF4NO2/c1-15(2)6-4-7(15)16(3)8(5-6)23-17(24-16)9-10(18)11(19)12(20)13(21)14(9)22/h6-8H,4-5,22H2,1-3H3/t6-,7-,8?,16-/m1/s1. The SMILES string of the molecule is CC1(C)[C@H]2CC3OB(c4c(N)c(F)c(F)c(F)c4F)O[C@]3(C)[C@@H]1C2. The van der Waals surface area contributed by atoms with Crippen LogP contribution in [0, 0.1) is 40.5 Å². The molecule has 3 saturated carbocycles. The first-order valence-electron chi connectivity index (χ1n) is 8.03. The minimum Gasteiger partial charge on any atom is -0.401 e. The Kier molecular flexibility index (Phi) is 3.15. The van der Waals surface area contributed by atoms with Crippen LogP contribution >= 0.6 is 0 Å². The van der Waals surface area contributed by atoms with Gasteiger partial charge in [-0.15, -0.1) is 0 Å². The van der Waals surface area contributed by atoms with Gasteiger partial charge in [0.15, 0.2) is 23.3 Å². The van der Waals surface area contributed by atoms with Gasteiger partial charge in [-0.05, 0) is 37.0 Å².